The largest absolute Gasteiger partial charge is 0.384 e. The number of hydrogen-bond acceptors (Lipinski definition) is 4. The molecule has 0 heterocycles. The Kier molecular flexibility index (Phi) is 10.7. The number of amides is 2. The van der Waals surface area contributed by atoms with Crippen molar-refractivity contribution in [1.82, 2.24) is 10.6 Å². The molecule has 0 saturated heterocycles. The first-order chi connectivity index (χ1) is 11.8. The Morgan fingerprint density at radius 3 is 2.08 bits per heavy atom. The van der Waals surface area contributed by atoms with Crippen LogP contribution in [0.4, 0.5) is 0 Å². The summed E-state index contributed by atoms with van der Waals surface area (Å²) in [5, 5.41) is 5.73. The molecule has 0 radical (unpaired) electrons. The van der Waals surface area contributed by atoms with E-state index in [1.807, 2.05) is 41.5 Å². The van der Waals surface area contributed by atoms with Crippen molar-refractivity contribution in [3.05, 3.63) is 0 Å². The van der Waals surface area contributed by atoms with E-state index in [1.165, 1.54) is 0 Å². The van der Waals surface area contributed by atoms with E-state index in [0.29, 0.717) is 39.0 Å². The summed E-state index contributed by atoms with van der Waals surface area (Å²) >= 11 is 0. The van der Waals surface area contributed by atoms with Crippen LogP contribution in [0.3, 0.4) is 0 Å². The third-order valence-electron chi connectivity index (χ3n) is 3.71. The first kappa shape index (κ1) is 24.6. The van der Waals surface area contributed by atoms with Gasteiger partial charge in [0, 0.05) is 45.4 Å². The van der Waals surface area contributed by atoms with Crippen molar-refractivity contribution in [1.29, 1.82) is 0 Å². The van der Waals surface area contributed by atoms with Crippen molar-refractivity contribution in [2.45, 2.75) is 67.2 Å². The zero-order valence-electron chi connectivity index (χ0n) is 17.7. The third-order valence-corrected chi connectivity index (χ3v) is 3.71. The smallest absolute Gasteiger partial charge is 0.223 e. The maximum absolute atomic E-state index is 12.5. The van der Waals surface area contributed by atoms with Gasteiger partial charge in [0.15, 0.2) is 0 Å². The van der Waals surface area contributed by atoms with Crippen molar-refractivity contribution in [3.8, 4) is 0 Å². The molecule has 0 rings (SSSR count). The van der Waals surface area contributed by atoms with E-state index in [2.05, 4.69) is 10.6 Å². The van der Waals surface area contributed by atoms with E-state index in [4.69, 9.17) is 4.74 Å². The molecule has 1 atom stereocenters. The molecule has 2 amide bonds. The maximum Gasteiger partial charge on any atom is 0.223 e. The molecule has 0 saturated carbocycles. The summed E-state index contributed by atoms with van der Waals surface area (Å²) in [6.07, 6.45) is 1.39. The molecule has 6 nitrogen and oxygen atoms in total. The highest BCUT2D eigenvalue weighted by Gasteiger charge is 2.25. The minimum atomic E-state index is -0.421. The topological polar surface area (TPSA) is 84.5 Å². The molecule has 0 unspecified atom stereocenters. The Bertz CT molecular complexity index is 461. The zero-order chi connectivity index (χ0) is 20.4. The van der Waals surface area contributed by atoms with Crippen LogP contribution in [0.1, 0.15) is 67.2 Å². The molecule has 0 aliphatic carbocycles. The van der Waals surface area contributed by atoms with Crippen LogP contribution in [0, 0.1) is 16.7 Å². The molecule has 0 fully saturated rings. The summed E-state index contributed by atoms with van der Waals surface area (Å²) in [6, 6.07) is 0. The minimum absolute atomic E-state index is 0.0238. The van der Waals surface area contributed by atoms with Gasteiger partial charge in [0.1, 0.15) is 5.78 Å². The predicted octanol–water partition coefficient (Wildman–Crippen LogP) is 2.70. The number of hydrogen-bond donors (Lipinski definition) is 2. The zero-order valence-corrected chi connectivity index (χ0v) is 17.7. The number of rotatable bonds is 11. The summed E-state index contributed by atoms with van der Waals surface area (Å²) in [5.41, 5.74) is -0.123. The van der Waals surface area contributed by atoms with Crippen molar-refractivity contribution in [2.24, 2.45) is 16.7 Å². The van der Waals surface area contributed by atoms with Crippen LogP contribution < -0.4 is 10.6 Å². The molecule has 152 valence electrons. The normalized spacial score (nSPS) is 13.2. The Hall–Kier alpha value is -1.43. The number of carbonyl (C=O) groups excluding carboxylic acids is 3. The predicted molar refractivity (Wildman–Crippen MR) is 104 cm³/mol. The second kappa shape index (κ2) is 11.3. The van der Waals surface area contributed by atoms with Crippen LogP contribution in [-0.2, 0) is 19.1 Å². The highest BCUT2D eigenvalue weighted by atomic mass is 16.5. The fraction of sp³-hybridized carbons (Fsp3) is 0.850. The molecule has 2 N–H and O–H groups in total. The monoisotopic (exact) mass is 370 g/mol. The van der Waals surface area contributed by atoms with Crippen molar-refractivity contribution < 1.29 is 19.1 Å². The van der Waals surface area contributed by atoms with Crippen LogP contribution in [0.25, 0.3) is 0 Å². The molecule has 0 aromatic rings. The van der Waals surface area contributed by atoms with Gasteiger partial charge in [0.25, 0.3) is 0 Å². The average Bonchev–Trinajstić information content (AvgIpc) is 2.47. The maximum atomic E-state index is 12.5. The molecule has 0 bridgehead atoms. The summed E-state index contributed by atoms with van der Waals surface area (Å²) in [5.74, 6) is -0.566. The average molecular weight is 371 g/mol. The van der Waals surface area contributed by atoms with E-state index >= 15 is 0 Å². The lowest BCUT2D eigenvalue weighted by Crippen LogP contribution is -2.39. The van der Waals surface area contributed by atoms with Crippen LogP contribution in [-0.4, -0.2) is 44.4 Å². The molecular weight excluding hydrogens is 332 g/mol. The number of carbonyl (C=O) groups is 3. The lowest BCUT2D eigenvalue weighted by Gasteiger charge is -2.23. The molecule has 0 aliphatic heterocycles. The first-order valence-corrected chi connectivity index (χ1v) is 9.39. The molecule has 0 aromatic heterocycles. The Morgan fingerprint density at radius 2 is 1.58 bits per heavy atom. The fourth-order valence-electron chi connectivity index (χ4n) is 2.43. The van der Waals surface area contributed by atoms with E-state index in [9.17, 15) is 14.4 Å². The summed E-state index contributed by atoms with van der Waals surface area (Å²) in [4.78, 5) is 36.5. The number of ether oxygens (including phenoxy) is 1. The van der Waals surface area contributed by atoms with Crippen molar-refractivity contribution in [2.75, 3.05) is 26.8 Å². The van der Waals surface area contributed by atoms with Crippen molar-refractivity contribution >= 4 is 17.6 Å². The van der Waals surface area contributed by atoms with Gasteiger partial charge in [-0.3, -0.25) is 14.4 Å². The Morgan fingerprint density at radius 1 is 0.962 bits per heavy atom. The van der Waals surface area contributed by atoms with Gasteiger partial charge >= 0.3 is 0 Å². The van der Waals surface area contributed by atoms with E-state index in [0.717, 1.165) is 0 Å². The minimum Gasteiger partial charge on any atom is -0.384 e. The molecule has 0 aromatic carbocycles. The lowest BCUT2D eigenvalue weighted by atomic mass is 9.86. The number of ketones is 1. The van der Waals surface area contributed by atoms with Gasteiger partial charge in [-0.25, -0.2) is 0 Å². The molecule has 26 heavy (non-hydrogen) atoms. The van der Waals surface area contributed by atoms with E-state index in [1.54, 1.807) is 7.11 Å². The van der Waals surface area contributed by atoms with Gasteiger partial charge in [-0.05, 0) is 17.3 Å². The third kappa shape index (κ3) is 13.8. The van der Waals surface area contributed by atoms with E-state index < -0.39 is 5.92 Å². The first-order valence-electron chi connectivity index (χ1n) is 9.39. The lowest BCUT2D eigenvalue weighted by molar-refractivity contribution is -0.130. The van der Waals surface area contributed by atoms with Gasteiger partial charge in [0.05, 0.1) is 6.61 Å². The molecule has 0 spiro atoms. The fourth-order valence-corrected chi connectivity index (χ4v) is 2.43. The highest BCUT2D eigenvalue weighted by molar-refractivity contribution is 5.87. The molecule has 6 heteroatoms. The van der Waals surface area contributed by atoms with Crippen molar-refractivity contribution in [3.63, 3.8) is 0 Å². The SMILES string of the molecule is COCCC(=O)NCC[C@H](CC(=O)CC(C)(C)C)C(=O)NCC(C)(C)C. The summed E-state index contributed by atoms with van der Waals surface area (Å²) in [6.45, 7) is 13.5. The standard InChI is InChI=1S/C20H38N2O4/c1-19(2,3)13-16(23)12-15(18(25)22-14-20(4,5)6)8-10-21-17(24)9-11-26-7/h15H,8-14H2,1-7H3,(H,21,24)(H,22,25)/t15-/m1/s1. The van der Waals surface area contributed by atoms with Crippen LogP contribution in [0.15, 0.2) is 0 Å². The Balaban J connectivity index is 4.69. The Labute approximate surface area is 158 Å². The number of Topliss-reactive ketones (excluding diaryl/α,β-unsaturated/α-hetero) is 1. The quantitative estimate of drug-likeness (QED) is 0.586. The summed E-state index contributed by atoms with van der Waals surface area (Å²) in [7, 11) is 1.55. The number of nitrogens with one attached hydrogen (secondary N) is 2. The van der Waals surface area contributed by atoms with Gasteiger partial charge in [-0.1, -0.05) is 41.5 Å². The second-order valence-electron chi connectivity index (χ2n) is 9.34. The second-order valence-corrected chi connectivity index (χ2v) is 9.34. The van der Waals surface area contributed by atoms with Gasteiger partial charge in [-0.15, -0.1) is 0 Å². The highest BCUT2D eigenvalue weighted by Crippen LogP contribution is 2.22. The molecule has 0 aliphatic rings. The van der Waals surface area contributed by atoms with Crippen LogP contribution in [0.5, 0.6) is 0 Å². The number of methoxy groups -OCH3 is 1. The van der Waals surface area contributed by atoms with Crippen LogP contribution >= 0.6 is 0 Å². The van der Waals surface area contributed by atoms with Gasteiger partial charge < -0.3 is 15.4 Å². The van der Waals surface area contributed by atoms with Crippen LogP contribution in [0.2, 0.25) is 0 Å². The van der Waals surface area contributed by atoms with E-state index in [-0.39, 0.29) is 34.8 Å². The van der Waals surface area contributed by atoms with Gasteiger partial charge in [-0.2, -0.15) is 0 Å². The molecular formula is C20H38N2O4. The van der Waals surface area contributed by atoms with Gasteiger partial charge in [0.2, 0.25) is 11.8 Å². The summed E-state index contributed by atoms with van der Waals surface area (Å²) < 4.78 is 4.87.